The summed E-state index contributed by atoms with van der Waals surface area (Å²) in [5.74, 6) is 1.13. The lowest BCUT2D eigenvalue weighted by molar-refractivity contribution is 1.16. The Morgan fingerprint density at radius 3 is 2.70 bits per heavy atom. The van der Waals surface area contributed by atoms with E-state index in [1.165, 1.54) is 0 Å². The number of hydrogen-bond acceptors (Lipinski definition) is 5. The Labute approximate surface area is 142 Å². The van der Waals surface area contributed by atoms with Gasteiger partial charge in [0.1, 0.15) is 5.82 Å². The predicted octanol–water partition coefficient (Wildman–Crippen LogP) is 4.60. The summed E-state index contributed by atoms with van der Waals surface area (Å²) in [6, 6.07) is 18.9. The quantitative estimate of drug-likeness (QED) is 0.706. The van der Waals surface area contributed by atoms with E-state index in [0.29, 0.717) is 17.3 Å². The van der Waals surface area contributed by atoms with E-state index in [-0.39, 0.29) is 0 Å². The fraction of sp³-hybridized carbons (Fsp3) is 0. The largest absolute Gasteiger partial charge is 0.339 e. The van der Waals surface area contributed by atoms with E-state index in [1.807, 2.05) is 36.4 Å². The van der Waals surface area contributed by atoms with Crippen LogP contribution in [-0.4, -0.2) is 9.97 Å². The average molecular weight is 366 g/mol. The summed E-state index contributed by atoms with van der Waals surface area (Å²) in [6.45, 7) is 0. The van der Waals surface area contributed by atoms with Crippen molar-refractivity contribution in [3.05, 3.63) is 70.8 Å². The van der Waals surface area contributed by atoms with Gasteiger partial charge in [-0.05, 0) is 52.3 Å². The van der Waals surface area contributed by atoms with Gasteiger partial charge in [0.05, 0.1) is 17.3 Å². The zero-order valence-electron chi connectivity index (χ0n) is 12.0. The van der Waals surface area contributed by atoms with E-state index < -0.39 is 0 Å². The zero-order valence-corrected chi connectivity index (χ0v) is 13.6. The van der Waals surface area contributed by atoms with Crippen molar-refractivity contribution in [1.82, 2.24) is 9.97 Å². The van der Waals surface area contributed by atoms with Crippen LogP contribution in [0.3, 0.4) is 0 Å². The van der Waals surface area contributed by atoms with Crippen molar-refractivity contribution in [1.29, 1.82) is 5.26 Å². The molecule has 0 atom stereocenters. The molecule has 0 bridgehead atoms. The molecular formula is C17H12BrN5. The normalized spacial score (nSPS) is 9.91. The molecule has 2 N–H and O–H groups in total. The topological polar surface area (TPSA) is 73.6 Å². The Morgan fingerprint density at radius 1 is 1.00 bits per heavy atom. The number of benzene rings is 2. The molecule has 23 heavy (non-hydrogen) atoms. The molecule has 3 aromatic rings. The predicted molar refractivity (Wildman–Crippen MR) is 93.9 cm³/mol. The Morgan fingerprint density at radius 2 is 1.87 bits per heavy atom. The van der Waals surface area contributed by atoms with Crippen molar-refractivity contribution in [2.24, 2.45) is 0 Å². The first-order chi connectivity index (χ1) is 11.2. The molecule has 0 saturated carbocycles. The second kappa shape index (κ2) is 6.90. The second-order valence-electron chi connectivity index (χ2n) is 4.69. The van der Waals surface area contributed by atoms with Crippen molar-refractivity contribution >= 4 is 39.1 Å². The number of nitriles is 1. The van der Waals surface area contributed by atoms with Crippen LogP contribution in [0.15, 0.2) is 65.3 Å². The molecule has 0 radical (unpaired) electrons. The van der Waals surface area contributed by atoms with Crippen LogP contribution in [-0.2, 0) is 0 Å². The summed E-state index contributed by atoms with van der Waals surface area (Å²) in [4.78, 5) is 8.62. The third-order valence-corrected chi connectivity index (χ3v) is 3.73. The van der Waals surface area contributed by atoms with Gasteiger partial charge in [-0.15, -0.1) is 0 Å². The number of nitrogens with one attached hydrogen (secondary N) is 2. The average Bonchev–Trinajstić information content (AvgIpc) is 2.57. The minimum absolute atomic E-state index is 0.456. The van der Waals surface area contributed by atoms with Crippen molar-refractivity contribution < 1.29 is 0 Å². The third kappa shape index (κ3) is 3.84. The molecule has 0 spiro atoms. The molecule has 0 aliphatic carbocycles. The van der Waals surface area contributed by atoms with Gasteiger partial charge in [-0.25, -0.2) is 4.98 Å². The van der Waals surface area contributed by atoms with E-state index in [4.69, 9.17) is 5.26 Å². The van der Waals surface area contributed by atoms with Crippen LogP contribution in [0, 0.1) is 11.3 Å². The summed E-state index contributed by atoms with van der Waals surface area (Å²) in [7, 11) is 0. The third-order valence-electron chi connectivity index (χ3n) is 3.04. The molecule has 5 nitrogen and oxygen atoms in total. The molecule has 0 saturated heterocycles. The molecule has 2 aromatic carbocycles. The number of hydrogen-bond donors (Lipinski definition) is 2. The number of halogens is 1. The van der Waals surface area contributed by atoms with Crippen LogP contribution in [0.2, 0.25) is 0 Å². The highest BCUT2D eigenvalue weighted by molar-refractivity contribution is 9.10. The van der Waals surface area contributed by atoms with Gasteiger partial charge >= 0.3 is 0 Å². The summed E-state index contributed by atoms with van der Waals surface area (Å²) < 4.78 is 0.954. The van der Waals surface area contributed by atoms with Gasteiger partial charge in [0.15, 0.2) is 0 Å². The van der Waals surface area contributed by atoms with Crippen LogP contribution >= 0.6 is 15.9 Å². The lowest BCUT2D eigenvalue weighted by Gasteiger charge is -2.09. The molecule has 0 aliphatic rings. The molecule has 0 amide bonds. The molecule has 0 aliphatic heterocycles. The van der Waals surface area contributed by atoms with Crippen molar-refractivity contribution in [3.8, 4) is 6.07 Å². The summed E-state index contributed by atoms with van der Waals surface area (Å²) in [5.41, 5.74) is 2.27. The number of nitrogens with zero attached hydrogens (tertiary/aromatic N) is 3. The number of rotatable bonds is 4. The van der Waals surface area contributed by atoms with Gasteiger partial charge in [-0.1, -0.05) is 18.2 Å². The molecule has 0 fully saturated rings. The lowest BCUT2D eigenvalue weighted by atomic mass is 10.2. The monoisotopic (exact) mass is 365 g/mol. The first-order valence-electron chi connectivity index (χ1n) is 6.86. The highest BCUT2D eigenvalue weighted by atomic mass is 79.9. The Kier molecular flexibility index (Phi) is 4.50. The van der Waals surface area contributed by atoms with E-state index in [0.717, 1.165) is 15.8 Å². The number of para-hydroxylation sites is 1. The SMILES string of the molecule is N#Cc1cccc(Nc2nccc(Nc3ccccc3Br)n2)c1. The molecule has 112 valence electrons. The molecule has 1 heterocycles. The minimum Gasteiger partial charge on any atom is -0.339 e. The maximum absolute atomic E-state index is 8.94. The minimum atomic E-state index is 0.456. The zero-order chi connectivity index (χ0) is 16.1. The highest BCUT2D eigenvalue weighted by Gasteiger charge is 2.03. The fourth-order valence-corrected chi connectivity index (χ4v) is 2.37. The summed E-state index contributed by atoms with van der Waals surface area (Å²) >= 11 is 3.49. The Hall–Kier alpha value is -2.91. The highest BCUT2D eigenvalue weighted by Crippen LogP contribution is 2.25. The molecule has 6 heteroatoms. The standard InChI is InChI=1S/C17H12BrN5/c18-14-6-1-2-7-15(14)22-16-8-9-20-17(23-16)21-13-5-3-4-12(10-13)11-19/h1-10H,(H2,20,21,22,23). The van der Waals surface area contributed by atoms with E-state index in [2.05, 4.69) is 42.6 Å². The first-order valence-corrected chi connectivity index (χ1v) is 7.66. The van der Waals surface area contributed by atoms with Crippen LogP contribution in [0.1, 0.15) is 5.56 Å². The van der Waals surface area contributed by atoms with Gasteiger partial charge in [-0.2, -0.15) is 10.2 Å². The number of anilines is 4. The second-order valence-corrected chi connectivity index (χ2v) is 5.54. The molecule has 1 aromatic heterocycles. The lowest BCUT2D eigenvalue weighted by Crippen LogP contribution is -2.00. The van der Waals surface area contributed by atoms with Crippen molar-refractivity contribution in [2.75, 3.05) is 10.6 Å². The maximum atomic E-state index is 8.94. The number of aromatic nitrogens is 2. The van der Waals surface area contributed by atoms with Gasteiger partial charge in [0.25, 0.3) is 0 Å². The van der Waals surface area contributed by atoms with Gasteiger partial charge in [0.2, 0.25) is 5.95 Å². The van der Waals surface area contributed by atoms with Gasteiger partial charge < -0.3 is 10.6 Å². The van der Waals surface area contributed by atoms with Crippen LogP contribution in [0.5, 0.6) is 0 Å². The van der Waals surface area contributed by atoms with Gasteiger partial charge in [0, 0.05) is 16.4 Å². The van der Waals surface area contributed by atoms with Crippen LogP contribution in [0.4, 0.5) is 23.1 Å². The maximum Gasteiger partial charge on any atom is 0.229 e. The smallest absolute Gasteiger partial charge is 0.229 e. The van der Waals surface area contributed by atoms with E-state index in [1.54, 1.807) is 24.4 Å². The van der Waals surface area contributed by atoms with E-state index >= 15 is 0 Å². The van der Waals surface area contributed by atoms with Crippen LogP contribution < -0.4 is 10.6 Å². The van der Waals surface area contributed by atoms with Gasteiger partial charge in [-0.3, -0.25) is 0 Å². The molecule has 3 rings (SSSR count). The summed E-state index contributed by atoms with van der Waals surface area (Å²) in [6.07, 6.45) is 1.67. The Bertz CT molecular complexity index is 873. The van der Waals surface area contributed by atoms with Crippen LogP contribution in [0.25, 0.3) is 0 Å². The Balaban J connectivity index is 1.80. The fourth-order valence-electron chi connectivity index (χ4n) is 1.98. The molecule has 0 unspecified atom stereocenters. The first kappa shape index (κ1) is 15.0. The van der Waals surface area contributed by atoms with E-state index in [9.17, 15) is 0 Å². The van der Waals surface area contributed by atoms with Crippen molar-refractivity contribution in [3.63, 3.8) is 0 Å². The summed E-state index contributed by atoms with van der Waals surface area (Å²) in [5, 5.41) is 15.3. The molecular weight excluding hydrogens is 354 g/mol. The van der Waals surface area contributed by atoms with Crippen molar-refractivity contribution in [2.45, 2.75) is 0 Å².